The number of rotatable bonds is 7. The Morgan fingerprint density at radius 2 is 1.95 bits per heavy atom. The van der Waals surface area contributed by atoms with E-state index < -0.39 is 10.0 Å². The predicted molar refractivity (Wildman–Crippen MR) is 82.4 cm³/mol. The number of benzene rings is 1. The molecule has 1 aromatic rings. The van der Waals surface area contributed by atoms with Crippen molar-refractivity contribution in [2.75, 3.05) is 18.4 Å². The highest BCUT2D eigenvalue weighted by atomic mass is 32.2. The van der Waals surface area contributed by atoms with E-state index in [4.69, 9.17) is 0 Å². The molecule has 112 valence electrons. The second kappa shape index (κ2) is 6.14. The van der Waals surface area contributed by atoms with Crippen LogP contribution in [-0.4, -0.2) is 31.9 Å². The number of sulfonamides is 1. The monoisotopic (exact) mass is 296 g/mol. The maximum absolute atomic E-state index is 12.9. The van der Waals surface area contributed by atoms with Crippen molar-refractivity contribution in [2.45, 2.75) is 44.6 Å². The van der Waals surface area contributed by atoms with E-state index in [1.165, 1.54) is 0 Å². The van der Waals surface area contributed by atoms with Crippen LogP contribution in [0.5, 0.6) is 0 Å². The van der Waals surface area contributed by atoms with Crippen molar-refractivity contribution >= 4 is 15.7 Å². The van der Waals surface area contributed by atoms with E-state index in [9.17, 15) is 8.42 Å². The molecule has 1 aromatic carbocycles. The van der Waals surface area contributed by atoms with Crippen LogP contribution in [-0.2, 0) is 10.0 Å². The van der Waals surface area contributed by atoms with Crippen molar-refractivity contribution in [1.82, 2.24) is 4.31 Å². The Morgan fingerprint density at radius 3 is 2.50 bits per heavy atom. The van der Waals surface area contributed by atoms with E-state index in [-0.39, 0.29) is 6.04 Å². The third-order valence-electron chi connectivity index (χ3n) is 3.34. The van der Waals surface area contributed by atoms with Gasteiger partial charge in [-0.3, -0.25) is 0 Å². The van der Waals surface area contributed by atoms with Gasteiger partial charge in [0, 0.05) is 19.1 Å². The predicted octanol–water partition coefficient (Wildman–Crippen LogP) is 2.93. The average molecular weight is 296 g/mol. The Hall–Kier alpha value is -1.07. The van der Waals surface area contributed by atoms with Gasteiger partial charge in [-0.2, -0.15) is 4.31 Å². The molecule has 1 aliphatic carbocycles. The minimum Gasteiger partial charge on any atom is -0.384 e. The Kier molecular flexibility index (Phi) is 4.70. The molecule has 0 radical (unpaired) electrons. The Bertz CT molecular complexity index is 551. The molecule has 0 saturated heterocycles. The highest BCUT2D eigenvalue weighted by molar-refractivity contribution is 7.89. The van der Waals surface area contributed by atoms with Crippen LogP contribution < -0.4 is 5.32 Å². The van der Waals surface area contributed by atoms with E-state index >= 15 is 0 Å². The Morgan fingerprint density at radius 1 is 1.30 bits per heavy atom. The normalized spacial score (nSPS) is 15.8. The van der Waals surface area contributed by atoms with Crippen LogP contribution in [0.15, 0.2) is 29.2 Å². The molecule has 0 unspecified atom stereocenters. The first-order chi connectivity index (χ1) is 9.46. The summed E-state index contributed by atoms with van der Waals surface area (Å²) in [5, 5.41) is 3.14. The lowest BCUT2D eigenvalue weighted by Gasteiger charge is -2.25. The molecule has 0 bridgehead atoms. The molecule has 2 rings (SSSR count). The van der Waals surface area contributed by atoms with Gasteiger partial charge in [-0.1, -0.05) is 26.0 Å². The molecule has 1 N–H and O–H groups in total. The van der Waals surface area contributed by atoms with Crippen molar-refractivity contribution in [2.24, 2.45) is 5.92 Å². The first-order valence-corrected chi connectivity index (χ1v) is 8.75. The second-order valence-electron chi connectivity index (χ2n) is 5.73. The highest BCUT2D eigenvalue weighted by Crippen LogP contribution is 2.34. The summed E-state index contributed by atoms with van der Waals surface area (Å²) in [6.07, 6.45) is 1.96. The quantitative estimate of drug-likeness (QED) is 0.841. The van der Waals surface area contributed by atoms with Gasteiger partial charge in [0.25, 0.3) is 0 Å². The molecule has 20 heavy (non-hydrogen) atoms. The molecule has 1 fully saturated rings. The van der Waals surface area contributed by atoms with Crippen molar-refractivity contribution in [3.8, 4) is 0 Å². The van der Waals surface area contributed by atoms with Crippen molar-refractivity contribution in [3.63, 3.8) is 0 Å². The fourth-order valence-corrected chi connectivity index (χ4v) is 4.34. The second-order valence-corrected chi connectivity index (χ2v) is 7.59. The van der Waals surface area contributed by atoms with E-state index in [2.05, 4.69) is 19.2 Å². The fraction of sp³-hybridized carbons (Fsp3) is 0.600. The van der Waals surface area contributed by atoms with Gasteiger partial charge in [-0.15, -0.1) is 0 Å². The fourth-order valence-electron chi connectivity index (χ4n) is 2.32. The standard InChI is InChI=1S/C15H24N2O2S/c1-4-16-14-7-5-6-8-15(14)20(18,19)17(11-12(2)3)13-9-10-13/h5-8,12-13,16H,4,9-11H2,1-3H3. The number of hydrogen-bond acceptors (Lipinski definition) is 3. The molecule has 1 saturated carbocycles. The highest BCUT2D eigenvalue weighted by Gasteiger charge is 2.39. The maximum Gasteiger partial charge on any atom is 0.245 e. The van der Waals surface area contributed by atoms with Crippen LogP contribution in [0, 0.1) is 5.92 Å². The van der Waals surface area contributed by atoms with E-state index in [0.29, 0.717) is 29.6 Å². The van der Waals surface area contributed by atoms with Crippen molar-refractivity contribution < 1.29 is 8.42 Å². The number of hydrogen-bond donors (Lipinski definition) is 1. The lowest BCUT2D eigenvalue weighted by atomic mass is 10.2. The smallest absolute Gasteiger partial charge is 0.245 e. The van der Waals surface area contributed by atoms with Gasteiger partial charge < -0.3 is 5.32 Å². The molecular weight excluding hydrogens is 272 g/mol. The Labute approximate surface area is 122 Å². The SMILES string of the molecule is CCNc1ccccc1S(=O)(=O)N(CC(C)C)C1CC1. The molecule has 5 heteroatoms. The zero-order chi connectivity index (χ0) is 14.8. The zero-order valence-corrected chi connectivity index (χ0v) is 13.3. The molecule has 0 aliphatic heterocycles. The lowest BCUT2D eigenvalue weighted by molar-refractivity contribution is 0.360. The summed E-state index contributed by atoms with van der Waals surface area (Å²) in [6.45, 7) is 7.38. The number of nitrogens with one attached hydrogen (secondary N) is 1. The molecule has 4 nitrogen and oxygen atoms in total. The van der Waals surface area contributed by atoms with Crippen LogP contribution in [0.4, 0.5) is 5.69 Å². The molecule has 1 aliphatic rings. The van der Waals surface area contributed by atoms with Gasteiger partial charge in [-0.05, 0) is 37.8 Å². The first kappa shape index (κ1) is 15.3. The lowest BCUT2D eigenvalue weighted by Crippen LogP contribution is -2.36. The van der Waals surface area contributed by atoms with Crippen LogP contribution in [0.2, 0.25) is 0 Å². The molecule has 0 aromatic heterocycles. The summed E-state index contributed by atoms with van der Waals surface area (Å²) >= 11 is 0. The van der Waals surface area contributed by atoms with Crippen LogP contribution in [0.1, 0.15) is 33.6 Å². The van der Waals surface area contributed by atoms with Gasteiger partial charge in [0.05, 0.1) is 5.69 Å². The minimum atomic E-state index is -3.41. The summed E-state index contributed by atoms with van der Waals surface area (Å²) in [7, 11) is -3.41. The first-order valence-electron chi connectivity index (χ1n) is 7.31. The van der Waals surface area contributed by atoms with E-state index in [0.717, 1.165) is 12.8 Å². The average Bonchev–Trinajstić information content (AvgIpc) is 3.20. The Balaban J connectivity index is 2.37. The minimum absolute atomic E-state index is 0.192. The van der Waals surface area contributed by atoms with Gasteiger partial charge in [0.2, 0.25) is 10.0 Å². The van der Waals surface area contributed by atoms with Crippen molar-refractivity contribution in [1.29, 1.82) is 0 Å². The summed E-state index contributed by atoms with van der Waals surface area (Å²) in [5.41, 5.74) is 0.699. The molecule has 0 heterocycles. The van der Waals surface area contributed by atoms with E-state index in [1.54, 1.807) is 16.4 Å². The molecule has 0 spiro atoms. The number of anilines is 1. The largest absolute Gasteiger partial charge is 0.384 e. The van der Waals surface area contributed by atoms with E-state index in [1.807, 2.05) is 19.1 Å². The third-order valence-corrected chi connectivity index (χ3v) is 5.32. The summed E-state index contributed by atoms with van der Waals surface area (Å²) < 4.78 is 27.6. The van der Waals surface area contributed by atoms with Gasteiger partial charge in [0.15, 0.2) is 0 Å². The van der Waals surface area contributed by atoms with Gasteiger partial charge in [0.1, 0.15) is 4.90 Å². The summed E-state index contributed by atoms with van der Waals surface area (Å²) in [5.74, 6) is 0.330. The molecule has 0 atom stereocenters. The van der Waals surface area contributed by atoms with Gasteiger partial charge >= 0.3 is 0 Å². The van der Waals surface area contributed by atoms with Crippen LogP contribution in [0.25, 0.3) is 0 Å². The summed E-state index contributed by atoms with van der Waals surface area (Å²) in [4.78, 5) is 0.398. The maximum atomic E-state index is 12.9. The van der Waals surface area contributed by atoms with Crippen LogP contribution in [0.3, 0.4) is 0 Å². The van der Waals surface area contributed by atoms with Crippen molar-refractivity contribution in [3.05, 3.63) is 24.3 Å². The number of nitrogens with zero attached hydrogens (tertiary/aromatic N) is 1. The topological polar surface area (TPSA) is 49.4 Å². The zero-order valence-electron chi connectivity index (χ0n) is 12.5. The molecule has 0 amide bonds. The van der Waals surface area contributed by atoms with Crippen LogP contribution >= 0.6 is 0 Å². The third kappa shape index (κ3) is 3.33. The number of para-hydroxylation sites is 1. The van der Waals surface area contributed by atoms with Gasteiger partial charge in [-0.25, -0.2) is 8.42 Å². The molecular formula is C15H24N2O2S. The summed E-state index contributed by atoms with van der Waals surface area (Å²) in [6, 6.07) is 7.37.